The fourth-order valence-electron chi connectivity index (χ4n) is 5.65. The number of primary amides is 1. The van der Waals surface area contributed by atoms with Crippen LogP contribution in [0.25, 0.3) is 0 Å². The van der Waals surface area contributed by atoms with Crippen molar-refractivity contribution in [2.75, 3.05) is 48.6 Å². The number of hydrogen-bond acceptors (Lipinski definition) is 7. The fourth-order valence-corrected chi connectivity index (χ4v) is 11.3. The summed E-state index contributed by atoms with van der Waals surface area (Å²) in [7, 11) is 1.81. The summed E-state index contributed by atoms with van der Waals surface area (Å²) in [5.74, 6) is 1.36. The van der Waals surface area contributed by atoms with Crippen LogP contribution in [0.15, 0.2) is 24.4 Å². The predicted octanol–water partition coefficient (Wildman–Crippen LogP) is 4.75. The molecule has 0 unspecified atom stereocenters. The Morgan fingerprint density at radius 1 is 1.21 bits per heavy atom. The molecule has 2 amide bonds. The van der Waals surface area contributed by atoms with Crippen molar-refractivity contribution in [3.05, 3.63) is 30.0 Å². The number of alkyl halides is 3. The van der Waals surface area contributed by atoms with Gasteiger partial charge in [0.15, 0.2) is 0 Å². The van der Waals surface area contributed by atoms with E-state index in [4.69, 9.17) is 15.5 Å². The standard InChI is InChI=1S/C28H39IN6O3/c1-28(2)18-35(20-8-4-5-9-20)25-22(34(3)26(28)37)17-31-27(33-25)32-21-11-10-19(24(30)36)16-23(21)38-15-14-29-12-6-7-13-29/h10-11,16-17,20H,4-9,12-15,18H2,1-3H3,(H2,30,36)(H,31,32,33). The number of nitrogens with one attached hydrogen (secondary N) is 1. The number of carbonyl (C=O) groups is 2. The molecule has 1 saturated carbocycles. The van der Waals surface area contributed by atoms with Crippen LogP contribution in [-0.2, 0) is 4.79 Å². The van der Waals surface area contributed by atoms with Crippen molar-refractivity contribution in [2.45, 2.75) is 58.4 Å². The van der Waals surface area contributed by atoms with Crippen molar-refractivity contribution in [3.8, 4) is 5.75 Å². The minimum atomic E-state index is -0.875. The molecule has 3 aliphatic rings. The van der Waals surface area contributed by atoms with E-state index in [1.165, 1.54) is 34.5 Å². The number of nitrogens with zero attached hydrogens (tertiary/aromatic N) is 4. The SMILES string of the molecule is CN1C(=O)C(C)(C)CN(C2CCCC2)c2nc(Nc3ccc(C(N)=O)cc3OCCI3CCCC3)ncc21. The third kappa shape index (κ3) is 5.69. The molecular formula is C28H39IN6O3. The van der Waals surface area contributed by atoms with Crippen LogP contribution < -0.4 is 25.6 Å². The van der Waals surface area contributed by atoms with Gasteiger partial charge in [-0.05, 0) is 13.8 Å². The maximum atomic E-state index is 13.3. The first-order valence-electron chi connectivity index (χ1n) is 13.6. The molecule has 2 aromatic rings. The second kappa shape index (κ2) is 11.2. The van der Waals surface area contributed by atoms with Crippen molar-refractivity contribution < 1.29 is 14.3 Å². The van der Waals surface area contributed by atoms with Crippen molar-refractivity contribution in [1.82, 2.24) is 9.97 Å². The molecule has 1 saturated heterocycles. The predicted molar refractivity (Wildman–Crippen MR) is 160 cm³/mol. The summed E-state index contributed by atoms with van der Waals surface area (Å²) in [6.07, 6.45) is 9.02. The van der Waals surface area contributed by atoms with E-state index < -0.39 is 31.1 Å². The van der Waals surface area contributed by atoms with Crippen LogP contribution in [0.1, 0.15) is 62.7 Å². The Kier molecular flexibility index (Phi) is 7.97. The van der Waals surface area contributed by atoms with E-state index in [1.807, 2.05) is 13.8 Å². The summed E-state index contributed by atoms with van der Waals surface area (Å²) < 4.78 is 10.2. The Morgan fingerprint density at radius 2 is 1.95 bits per heavy atom. The van der Waals surface area contributed by atoms with E-state index in [0.29, 0.717) is 42.1 Å². The van der Waals surface area contributed by atoms with E-state index in [-0.39, 0.29) is 5.91 Å². The minimum absolute atomic E-state index is 0.0625. The fraction of sp³-hybridized carbons (Fsp3) is 0.571. The molecule has 1 aromatic heterocycles. The molecule has 0 atom stereocenters. The van der Waals surface area contributed by atoms with E-state index in [9.17, 15) is 9.59 Å². The number of benzene rings is 1. The quantitative estimate of drug-likeness (QED) is 0.318. The Hall–Kier alpha value is -2.63. The first-order chi connectivity index (χ1) is 18.2. The first-order valence-corrected chi connectivity index (χ1v) is 18.1. The summed E-state index contributed by atoms with van der Waals surface area (Å²) in [6, 6.07) is 5.54. The summed E-state index contributed by atoms with van der Waals surface area (Å²) in [4.78, 5) is 38.7. The number of aromatic nitrogens is 2. The van der Waals surface area contributed by atoms with Gasteiger partial charge in [0.1, 0.15) is 0 Å². The van der Waals surface area contributed by atoms with Gasteiger partial charge in [-0.3, -0.25) is 4.79 Å². The number of rotatable bonds is 8. The summed E-state index contributed by atoms with van der Waals surface area (Å²) in [5.41, 5.74) is 6.83. The number of amides is 2. The molecule has 1 aromatic carbocycles. The van der Waals surface area contributed by atoms with E-state index in [1.54, 1.807) is 36.3 Å². The molecule has 1 aliphatic carbocycles. The zero-order valence-corrected chi connectivity index (χ0v) is 24.8. The van der Waals surface area contributed by atoms with Gasteiger partial charge in [-0.1, -0.05) is 12.8 Å². The summed E-state index contributed by atoms with van der Waals surface area (Å²) in [6.45, 7) is 5.26. The Bertz CT molecular complexity index is 1190. The second-order valence-corrected chi connectivity index (χ2v) is 17.6. The molecule has 0 radical (unpaired) electrons. The Morgan fingerprint density at radius 3 is 2.66 bits per heavy atom. The Labute approximate surface area is 232 Å². The maximum absolute atomic E-state index is 13.3. The van der Waals surface area contributed by atoms with Gasteiger partial charge in [-0.25, -0.2) is 0 Å². The molecule has 5 rings (SSSR count). The normalized spacial score (nSPS) is 20.4. The molecule has 0 bridgehead atoms. The van der Waals surface area contributed by atoms with Crippen LogP contribution in [-0.4, -0.2) is 61.3 Å². The monoisotopic (exact) mass is 634 g/mol. The van der Waals surface area contributed by atoms with Crippen LogP contribution in [0, 0.1) is 5.41 Å². The van der Waals surface area contributed by atoms with Crippen LogP contribution in [0.3, 0.4) is 0 Å². The van der Waals surface area contributed by atoms with Gasteiger partial charge in [0.2, 0.25) is 0 Å². The van der Waals surface area contributed by atoms with E-state index >= 15 is 0 Å². The van der Waals surface area contributed by atoms with Crippen molar-refractivity contribution in [1.29, 1.82) is 0 Å². The molecule has 9 nitrogen and oxygen atoms in total. The molecular weight excluding hydrogens is 595 g/mol. The number of fused-ring (bicyclic) bond motifs is 1. The van der Waals surface area contributed by atoms with Gasteiger partial charge in [0.05, 0.1) is 0 Å². The van der Waals surface area contributed by atoms with Gasteiger partial charge in [-0.2, -0.15) is 0 Å². The van der Waals surface area contributed by atoms with E-state index in [2.05, 4.69) is 15.2 Å². The molecule has 3 heterocycles. The molecule has 0 spiro atoms. The summed E-state index contributed by atoms with van der Waals surface area (Å²) in [5, 5.41) is 3.33. The van der Waals surface area contributed by atoms with Crippen LogP contribution in [0.2, 0.25) is 0 Å². The molecule has 38 heavy (non-hydrogen) atoms. The number of carbonyl (C=O) groups excluding carboxylic acids is 2. The molecule has 2 fully saturated rings. The summed E-state index contributed by atoms with van der Waals surface area (Å²) >= 11 is -0.875. The zero-order valence-electron chi connectivity index (χ0n) is 22.6. The van der Waals surface area contributed by atoms with Crippen molar-refractivity contribution >= 4 is 54.8 Å². The molecule has 206 valence electrons. The van der Waals surface area contributed by atoms with Gasteiger partial charge >= 0.3 is 201 Å². The average molecular weight is 635 g/mol. The average Bonchev–Trinajstić information content (AvgIpc) is 3.61. The molecule has 3 N–H and O–H groups in total. The van der Waals surface area contributed by atoms with Crippen molar-refractivity contribution in [3.63, 3.8) is 0 Å². The molecule has 10 heteroatoms. The van der Waals surface area contributed by atoms with Gasteiger partial charge in [0, 0.05) is 0 Å². The van der Waals surface area contributed by atoms with E-state index in [0.717, 1.165) is 28.8 Å². The second-order valence-electron chi connectivity index (χ2n) is 11.1. The van der Waals surface area contributed by atoms with Crippen LogP contribution >= 0.6 is 19.8 Å². The van der Waals surface area contributed by atoms with Crippen LogP contribution in [0.5, 0.6) is 5.75 Å². The topological polar surface area (TPSA) is 114 Å². The van der Waals surface area contributed by atoms with Gasteiger partial charge in [0.25, 0.3) is 0 Å². The number of hydrogen-bond donors (Lipinski definition) is 2. The third-order valence-corrected chi connectivity index (χ3v) is 14.3. The van der Waals surface area contributed by atoms with Gasteiger partial charge < -0.3 is 0 Å². The van der Waals surface area contributed by atoms with Gasteiger partial charge in [-0.15, -0.1) is 0 Å². The zero-order chi connectivity index (χ0) is 26.9. The number of anilines is 4. The Balaban J connectivity index is 1.44. The number of halogens is 1. The van der Waals surface area contributed by atoms with Crippen molar-refractivity contribution in [2.24, 2.45) is 11.1 Å². The number of nitrogens with two attached hydrogens (primary N) is 1. The molecule has 2 aliphatic heterocycles. The van der Waals surface area contributed by atoms with Crippen LogP contribution in [0.4, 0.5) is 23.1 Å². The number of ether oxygens (including phenoxy) is 1. The first kappa shape index (κ1) is 27.0. The third-order valence-electron chi connectivity index (χ3n) is 7.76.